The molecule has 2 aliphatic rings. The minimum absolute atomic E-state index is 0.0951. The van der Waals surface area contributed by atoms with Crippen molar-refractivity contribution < 1.29 is 9.31 Å². The van der Waals surface area contributed by atoms with Crippen LogP contribution in [0.3, 0.4) is 0 Å². The van der Waals surface area contributed by atoms with Gasteiger partial charge in [0.25, 0.3) is 0 Å². The Morgan fingerprint density at radius 1 is 1.17 bits per heavy atom. The summed E-state index contributed by atoms with van der Waals surface area (Å²) in [6.45, 7) is 10.0. The Kier molecular flexibility index (Phi) is 4.77. The predicted molar refractivity (Wildman–Crippen MR) is 76.7 cm³/mol. The minimum atomic E-state index is 0.0951. The lowest BCUT2D eigenvalue weighted by Gasteiger charge is -2.27. The maximum absolute atomic E-state index is 6.19. The summed E-state index contributed by atoms with van der Waals surface area (Å²) in [6.07, 6.45) is 8.23. The molecule has 1 saturated carbocycles. The van der Waals surface area contributed by atoms with Crippen molar-refractivity contribution in [2.45, 2.75) is 78.1 Å². The monoisotopic (exact) mass is 252 g/mol. The molecule has 0 N–H and O–H groups in total. The molecule has 0 bridgehead atoms. The summed E-state index contributed by atoms with van der Waals surface area (Å²) in [5.41, 5.74) is 0.381. The first kappa shape index (κ1) is 14.4. The van der Waals surface area contributed by atoms with E-state index in [1.807, 2.05) is 0 Å². The van der Waals surface area contributed by atoms with Crippen LogP contribution in [0.5, 0.6) is 0 Å². The van der Waals surface area contributed by atoms with Gasteiger partial charge in [-0.3, -0.25) is 0 Å². The molecule has 1 aliphatic heterocycles. The van der Waals surface area contributed by atoms with Crippen molar-refractivity contribution in [1.82, 2.24) is 0 Å². The van der Waals surface area contributed by atoms with Crippen LogP contribution in [0, 0.1) is 11.3 Å². The van der Waals surface area contributed by atoms with E-state index in [9.17, 15) is 0 Å². The summed E-state index contributed by atoms with van der Waals surface area (Å²) in [7, 11) is 0.0951. The first-order valence-electron chi connectivity index (χ1n) is 7.73. The fraction of sp³-hybridized carbons (Fsp3) is 1.00. The zero-order chi connectivity index (χ0) is 13.2. The maximum Gasteiger partial charge on any atom is 0.460 e. The van der Waals surface area contributed by atoms with E-state index in [2.05, 4.69) is 27.7 Å². The largest absolute Gasteiger partial charge is 0.460 e. The Morgan fingerprint density at radius 2 is 1.83 bits per heavy atom. The molecule has 0 amide bonds. The zero-order valence-electron chi connectivity index (χ0n) is 12.6. The molecular formula is C15H29BO2. The average molecular weight is 252 g/mol. The first-order chi connectivity index (χ1) is 8.46. The Hall–Kier alpha value is -0.0151. The van der Waals surface area contributed by atoms with Gasteiger partial charge in [-0.25, -0.2) is 0 Å². The molecule has 2 unspecified atom stereocenters. The van der Waals surface area contributed by atoms with Crippen molar-refractivity contribution in [2.75, 3.05) is 6.61 Å². The van der Waals surface area contributed by atoms with Crippen LogP contribution in [0.1, 0.15) is 66.2 Å². The minimum Gasteiger partial charge on any atom is -0.408 e. The highest BCUT2D eigenvalue weighted by Gasteiger charge is 2.40. The number of rotatable bonds is 3. The van der Waals surface area contributed by atoms with Gasteiger partial charge in [-0.1, -0.05) is 59.8 Å². The van der Waals surface area contributed by atoms with Gasteiger partial charge in [-0.05, 0) is 23.6 Å². The third kappa shape index (κ3) is 3.99. The van der Waals surface area contributed by atoms with Crippen molar-refractivity contribution in [3.8, 4) is 0 Å². The lowest BCUT2D eigenvalue weighted by molar-refractivity contribution is 0.130. The van der Waals surface area contributed by atoms with Crippen molar-refractivity contribution in [2.24, 2.45) is 11.3 Å². The summed E-state index contributed by atoms with van der Waals surface area (Å²) in [6, 6.07) is 0. The van der Waals surface area contributed by atoms with Crippen LogP contribution in [0.2, 0.25) is 5.82 Å². The zero-order valence-corrected chi connectivity index (χ0v) is 12.6. The van der Waals surface area contributed by atoms with E-state index in [1.54, 1.807) is 0 Å². The third-order valence-electron chi connectivity index (χ3n) is 4.34. The number of hydrogen-bond acceptors (Lipinski definition) is 2. The van der Waals surface area contributed by atoms with E-state index >= 15 is 0 Å². The highest BCUT2D eigenvalue weighted by molar-refractivity contribution is 6.47. The second-order valence-electron chi connectivity index (χ2n) is 7.52. The third-order valence-corrected chi connectivity index (χ3v) is 4.34. The smallest absolute Gasteiger partial charge is 0.408 e. The van der Waals surface area contributed by atoms with E-state index in [4.69, 9.17) is 9.31 Å². The Morgan fingerprint density at radius 3 is 2.44 bits per heavy atom. The average Bonchev–Trinajstić information content (AvgIpc) is 2.77. The van der Waals surface area contributed by atoms with Crippen LogP contribution in [0.25, 0.3) is 0 Å². The fourth-order valence-electron chi connectivity index (χ4n) is 3.49. The van der Waals surface area contributed by atoms with E-state index in [0.717, 1.165) is 6.61 Å². The molecule has 18 heavy (non-hydrogen) atoms. The van der Waals surface area contributed by atoms with E-state index in [0.29, 0.717) is 23.3 Å². The van der Waals surface area contributed by atoms with Crippen LogP contribution >= 0.6 is 0 Å². The van der Waals surface area contributed by atoms with Crippen LogP contribution < -0.4 is 0 Å². The Balaban J connectivity index is 1.80. The molecule has 0 aromatic rings. The molecular weight excluding hydrogens is 223 g/mol. The lowest BCUT2D eigenvalue weighted by Crippen LogP contribution is -2.29. The van der Waals surface area contributed by atoms with Crippen LogP contribution in [-0.2, 0) is 9.31 Å². The summed E-state index contributed by atoms with van der Waals surface area (Å²) in [4.78, 5) is 0. The van der Waals surface area contributed by atoms with Gasteiger partial charge in [0.15, 0.2) is 0 Å². The van der Waals surface area contributed by atoms with Crippen LogP contribution in [0.15, 0.2) is 0 Å². The molecule has 0 radical (unpaired) electrons. The van der Waals surface area contributed by atoms with Gasteiger partial charge >= 0.3 is 7.12 Å². The summed E-state index contributed by atoms with van der Waals surface area (Å²) in [5, 5.41) is 0. The SMILES string of the molecule is CC(CC(C)(C)C)C1COB(C2CCCCC2)O1. The summed E-state index contributed by atoms with van der Waals surface area (Å²) >= 11 is 0. The molecule has 0 aromatic heterocycles. The van der Waals surface area contributed by atoms with Crippen molar-refractivity contribution in [1.29, 1.82) is 0 Å². The summed E-state index contributed by atoms with van der Waals surface area (Å²) in [5.74, 6) is 1.25. The topological polar surface area (TPSA) is 18.5 Å². The molecule has 2 nitrogen and oxygen atoms in total. The van der Waals surface area contributed by atoms with Gasteiger partial charge in [0.1, 0.15) is 0 Å². The predicted octanol–water partition coefficient (Wildman–Crippen LogP) is 4.30. The maximum atomic E-state index is 6.19. The quantitative estimate of drug-likeness (QED) is 0.697. The van der Waals surface area contributed by atoms with E-state index < -0.39 is 0 Å². The molecule has 104 valence electrons. The highest BCUT2D eigenvalue weighted by atomic mass is 16.6. The van der Waals surface area contributed by atoms with Crippen molar-refractivity contribution >= 4 is 7.12 Å². The first-order valence-corrected chi connectivity index (χ1v) is 7.73. The molecule has 3 heteroatoms. The lowest BCUT2D eigenvalue weighted by atomic mass is 9.64. The van der Waals surface area contributed by atoms with E-state index in [1.165, 1.54) is 38.5 Å². The fourth-order valence-corrected chi connectivity index (χ4v) is 3.49. The van der Waals surface area contributed by atoms with Gasteiger partial charge in [-0.15, -0.1) is 0 Å². The van der Waals surface area contributed by atoms with Gasteiger partial charge in [0.2, 0.25) is 0 Å². The van der Waals surface area contributed by atoms with Crippen molar-refractivity contribution in [3.63, 3.8) is 0 Å². The van der Waals surface area contributed by atoms with E-state index in [-0.39, 0.29) is 7.12 Å². The normalized spacial score (nSPS) is 28.7. The van der Waals surface area contributed by atoms with Crippen molar-refractivity contribution in [3.05, 3.63) is 0 Å². The molecule has 0 aromatic carbocycles. The molecule has 2 fully saturated rings. The van der Waals surface area contributed by atoms with Gasteiger partial charge in [-0.2, -0.15) is 0 Å². The molecule has 1 aliphatic carbocycles. The number of hydrogen-bond donors (Lipinski definition) is 0. The van der Waals surface area contributed by atoms with Crippen LogP contribution in [0.4, 0.5) is 0 Å². The molecule has 2 atom stereocenters. The standard InChI is InChI=1S/C15H29BO2/c1-12(10-15(2,3)4)14-11-17-16(18-14)13-8-6-5-7-9-13/h12-14H,5-11H2,1-4H3. The second kappa shape index (κ2) is 5.96. The molecule has 2 rings (SSSR count). The molecule has 1 heterocycles. The van der Waals surface area contributed by atoms with Gasteiger partial charge < -0.3 is 9.31 Å². The molecule has 0 spiro atoms. The van der Waals surface area contributed by atoms with Crippen LogP contribution in [-0.4, -0.2) is 19.8 Å². The highest BCUT2D eigenvalue weighted by Crippen LogP contribution is 2.37. The Labute approximate surface area is 113 Å². The summed E-state index contributed by atoms with van der Waals surface area (Å²) < 4.78 is 12.1. The van der Waals surface area contributed by atoms with Gasteiger partial charge in [0, 0.05) is 0 Å². The second-order valence-corrected chi connectivity index (χ2v) is 7.52. The molecule has 1 saturated heterocycles. The van der Waals surface area contributed by atoms with Gasteiger partial charge in [0.05, 0.1) is 12.7 Å². The Bertz CT molecular complexity index is 256.